The minimum Gasteiger partial charge on any atom is -0.350 e. The number of carbonyl (C=O) groups excluding carboxylic acids is 3. The second kappa shape index (κ2) is 10.9. The molecule has 1 unspecified atom stereocenters. The molecule has 1 atom stereocenters. The van der Waals surface area contributed by atoms with Crippen molar-refractivity contribution in [3.05, 3.63) is 71.0 Å². The third-order valence-electron chi connectivity index (χ3n) is 5.67. The second-order valence-electron chi connectivity index (χ2n) is 8.44. The molecule has 6 nitrogen and oxygen atoms in total. The Kier molecular flexibility index (Phi) is 7.98. The average molecular weight is 440 g/mol. The fourth-order valence-corrected chi connectivity index (χ4v) is 3.74. The Morgan fingerprint density at radius 1 is 0.969 bits per heavy atom. The molecule has 1 heterocycles. The normalized spacial score (nSPS) is 14.7. The van der Waals surface area contributed by atoms with Gasteiger partial charge in [0, 0.05) is 25.2 Å². The van der Waals surface area contributed by atoms with E-state index < -0.39 is 17.8 Å². The molecular weight excluding hydrogens is 409 g/mol. The molecule has 1 fully saturated rings. The first-order chi connectivity index (χ1) is 15.4. The molecule has 3 amide bonds. The summed E-state index contributed by atoms with van der Waals surface area (Å²) in [4.78, 5) is 39.6. The highest BCUT2D eigenvalue weighted by Gasteiger charge is 2.25. The van der Waals surface area contributed by atoms with E-state index in [9.17, 15) is 18.8 Å². The van der Waals surface area contributed by atoms with E-state index in [4.69, 9.17) is 0 Å². The Balaban J connectivity index is 1.57. The zero-order chi connectivity index (χ0) is 23.1. The molecule has 2 aromatic carbocycles. The molecule has 7 heteroatoms. The summed E-state index contributed by atoms with van der Waals surface area (Å²) in [6, 6.07) is 12.1. The van der Waals surface area contributed by atoms with Crippen molar-refractivity contribution >= 4 is 17.7 Å². The van der Waals surface area contributed by atoms with E-state index in [1.165, 1.54) is 24.6 Å². The fraction of sp³-hybridized carbons (Fsp3) is 0.400. The summed E-state index contributed by atoms with van der Waals surface area (Å²) >= 11 is 0. The van der Waals surface area contributed by atoms with E-state index in [2.05, 4.69) is 10.6 Å². The molecule has 0 aromatic heterocycles. The first kappa shape index (κ1) is 23.4. The lowest BCUT2D eigenvalue weighted by molar-refractivity contribution is -0.124. The molecule has 1 aliphatic rings. The number of amides is 3. The second-order valence-corrected chi connectivity index (χ2v) is 8.44. The summed E-state index contributed by atoms with van der Waals surface area (Å²) in [6.45, 7) is 5.48. The molecule has 2 aromatic rings. The highest BCUT2D eigenvalue weighted by Crippen LogP contribution is 2.14. The predicted octanol–water partition coefficient (Wildman–Crippen LogP) is 3.52. The van der Waals surface area contributed by atoms with E-state index in [1.54, 1.807) is 18.2 Å². The van der Waals surface area contributed by atoms with Gasteiger partial charge in [-0.2, -0.15) is 0 Å². The molecule has 0 saturated carbocycles. The van der Waals surface area contributed by atoms with Gasteiger partial charge in [0.05, 0.1) is 5.56 Å². The lowest BCUT2D eigenvalue weighted by Crippen LogP contribution is -2.49. The third kappa shape index (κ3) is 5.93. The van der Waals surface area contributed by atoms with E-state index >= 15 is 0 Å². The lowest BCUT2D eigenvalue weighted by Gasteiger charge is -2.26. The monoisotopic (exact) mass is 439 g/mol. The van der Waals surface area contributed by atoms with Gasteiger partial charge in [-0.15, -0.1) is 0 Å². The topological polar surface area (TPSA) is 78.5 Å². The molecule has 0 aliphatic carbocycles. The minimum atomic E-state index is -0.804. The number of piperidine rings is 1. The van der Waals surface area contributed by atoms with Gasteiger partial charge in [-0.3, -0.25) is 14.4 Å². The van der Waals surface area contributed by atoms with Crippen LogP contribution in [0.15, 0.2) is 48.5 Å². The number of hydrogen-bond donors (Lipinski definition) is 2. The van der Waals surface area contributed by atoms with Crippen LogP contribution in [0.2, 0.25) is 0 Å². The average Bonchev–Trinajstić information content (AvgIpc) is 2.81. The van der Waals surface area contributed by atoms with Gasteiger partial charge in [-0.25, -0.2) is 4.39 Å². The lowest BCUT2D eigenvalue weighted by atomic mass is 10.0. The van der Waals surface area contributed by atoms with Crippen molar-refractivity contribution in [2.24, 2.45) is 5.92 Å². The van der Waals surface area contributed by atoms with Crippen LogP contribution in [0.3, 0.4) is 0 Å². The Labute approximate surface area is 188 Å². The van der Waals surface area contributed by atoms with Gasteiger partial charge < -0.3 is 15.5 Å². The Hall–Kier alpha value is -3.22. The van der Waals surface area contributed by atoms with Crippen molar-refractivity contribution in [2.45, 2.75) is 45.7 Å². The summed E-state index contributed by atoms with van der Waals surface area (Å²) in [6.07, 6.45) is 3.25. The number of nitrogens with zero attached hydrogens (tertiary/aromatic N) is 1. The summed E-state index contributed by atoms with van der Waals surface area (Å²) < 4.78 is 13.9. The Bertz CT molecular complexity index is 953. The predicted molar refractivity (Wildman–Crippen MR) is 121 cm³/mol. The van der Waals surface area contributed by atoms with Crippen LogP contribution >= 0.6 is 0 Å². The van der Waals surface area contributed by atoms with Gasteiger partial charge in [0.1, 0.15) is 11.9 Å². The molecule has 32 heavy (non-hydrogen) atoms. The van der Waals surface area contributed by atoms with Crippen LogP contribution in [0, 0.1) is 11.7 Å². The van der Waals surface area contributed by atoms with Crippen molar-refractivity contribution < 1.29 is 18.8 Å². The van der Waals surface area contributed by atoms with Crippen molar-refractivity contribution in [3.63, 3.8) is 0 Å². The van der Waals surface area contributed by atoms with Crippen molar-refractivity contribution in [1.29, 1.82) is 0 Å². The van der Waals surface area contributed by atoms with Gasteiger partial charge in [-0.1, -0.05) is 38.1 Å². The Morgan fingerprint density at radius 2 is 1.62 bits per heavy atom. The number of benzene rings is 2. The largest absolute Gasteiger partial charge is 0.350 e. The quantitative estimate of drug-likeness (QED) is 0.693. The molecule has 170 valence electrons. The van der Waals surface area contributed by atoms with Gasteiger partial charge in [0.15, 0.2) is 0 Å². The van der Waals surface area contributed by atoms with Crippen LogP contribution in [0.25, 0.3) is 0 Å². The van der Waals surface area contributed by atoms with E-state index in [-0.39, 0.29) is 29.8 Å². The van der Waals surface area contributed by atoms with Crippen molar-refractivity contribution in [2.75, 3.05) is 13.1 Å². The van der Waals surface area contributed by atoms with Crippen LogP contribution in [-0.2, 0) is 11.3 Å². The SMILES string of the molecule is CC(C)C(NC(=O)c1ccccc1F)C(=O)NCc1ccc(C(=O)N2CCCCC2)cc1. The van der Waals surface area contributed by atoms with E-state index in [0.717, 1.165) is 31.5 Å². The van der Waals surface area contributed by atoms with Crippen LogP contribution in [0.1, 0.15) is 59.4 Å². The minimum absolute atomic E-state index is 0.0380. The van der Waals surface area contributed by atoms with Crippen LogP contribution in [0.5, 0.6) is 0 Å². The van der Waals surface area contributed by atoms with Crippen molar-refractivity contribution in [3.8, 4) is 0 Å². The van der Waals surface area contributed by atoms with Gasteiger partial charge in [-0.05, 0) is 55.0 Å². The number of halogens is 1. The van der Waals surface area contributed by atoms with Gasteiger partial charge in [0.25, 0.3) is 11.8 Å². The molecular formula is C25H30FN3O3. The molecule has 2 N–H and O–H groups in total. The Morgan fingerprint density at radius 3 is 2.25 bits per heavy atom. The highest BCUT2D eigenvalue weighted by molar-refractivity contribution is 5.98. The molecule has 1 aliphatic heterocycles. The maximum absolute atomic E-state index is 13.9. The third-order valence-corrected chi connectivity index (χ3v) is 5.67. The zero-order valence-electron chi connectivity index (χ0n) is 18.6. The van der Waals surface area contributed by atoms with E-state index in [0.29, 0.717) is 5.56 Å². The highest BCUT2D eigenvalue weighted by atomic mass is 19.1. The van der Waals surface area contributed by atoms with Crippen LogP contribution < -0.4 is 10.6 Å². The molecule has 0 radical (unpaired) electrons. The summed E-state index contributed by atoms with van der Waals surface area (Å²) in [5.41, 5.74) is 1.38. The first-order valence-electron chi connectivity index (χ1n) is 11.1. The first-order valence-corrected chi connectivity index (χ1v) is 11.1. The number of likely N-dealkylation sites (tertiary alicyclic amines) is 1. The molecule has 0 spiro atoms. The number of hydrogen-bond acceptors (Lipinski definition) is 3. The summed E-state index contributed by atoms with van der Waals surface area (Å²) in [7, 11) is 0. The van der Waals surface area contributed by atoms with Gasteiger partial charge >= 0.3 is 0 Å². The fourth-order valence-electron chi connectivity index (χ4n) is 3.74. The standard InChI is InChI=1S/C25H30FN3O3/c1-17(2)22(28-23(30)20-8-4-5-9-21(20)26)24(31)27-16-18-10-12-19(13-11-18)25(32)29-14-6-3-7-15-29/h4-5,8-13,17,22H,3,6-7,14-16H2,1-2H3,(H,27,31)(H,28,30). The van der Waals surface area contributed by atoms with Crippen LogP contribution in [-0.4, -0.2) is 41.8 Å². The molecule has 1 saturated heterocycles. The zero-order valence-corrected chi connectivity index (χ0v) is 18.6. The maximum Gasteiger partial charge on any atom is 0.254 e. The summed E-state index contributed by atoms with van der Waals surface area (Å²) in [5.74, 6) is -1.76. The molecule has 0 bridgehead atoms. The van der Waals surface area contributed by atoms with Crippen LogP contribution in [0.4, 0.5) is 4.39 Å². The van der Waals surface area contributed by atoms with Crippen molar-refractivity contribution in [1.82, 2.24) is 15.5 Å². The van der Waals surface area contributed by atoms with Gasteiger partial charge in [0.2, 0.25) is 5.91 Å². The summed E-state index contributed by atoms with van der Waals surface area (Å²) in [5, 5.41) is 5.45. The number of carbonyl (C=O) groups is 3. The maximum atomic E-state index is 13.9. The number of nitrogens with one attached hydrogen (secondary N) is 2. The van der Waals surface area contributed by atoms with E-state index in [1.807, 2.05) is 30.9 Å². The molecule has 3 rings (SSSR count). The smallest absolute Gasteiger partial charge is 0.254 e. The number of rotatable bonds is 7.